The van der Waals surface area contributed by atoms with Crippen molar-refractivity contribution in [1.82, 2.24) is 25.3 Å². The fourth-order valence-electron chi connectivity index (χ4n) is 4.96. The van der Waals surface area contributed by atoms with Crippen molar-refractivity contribution in [3.05, 3.63) is 0 Å². The van der Waals surface area contributed by atoms with Gasteiger partial charge in [0.2, 0.25) is 0 Å². The molecule has 12 nitrogen and oxygen atoms in total. The van der Waals surface area contributed by atoms with Crippen LogP contribution in [0.25, 0.3) is 0 Å². The topological polar surface area (TPSA) is 115 Å². The molecular formula is C25H56N6O6. The maximum absolute atomic E-state index is 6.60. The normalized spacial score (nSPS) is 19.0. The van der Waals surface area contributed by atoms with Gasteiger partial charge >= 0.3 is 0 Å². The summed E-state index contributed by atoms with van der Waals surface area (Å²) in [7, 11) is 10.0. The zero-order valence-electron chi connectivity index (χ0n) is 24.3. The second-order valence-electron chi connectivity index (χ2n) is 9.71. The van der Waals surface area contributed by atoms with Crippen LogP contribution < -0.4 is 16.4 Å². The fourth-order valence-corrected chi connectivity index (χ4v) is 4.96. The monoisotopic (exact) mass is 536 g/mol. The van der Waals surface area contributed by atoms with E-state index in [2.05, 4.69) is 15.5 Å². The number of methoxy groups -OCH3 is 6. The molecule has 0 heterocycles. The lowest BCUT2D eigenvalue weighted by Gasteiger charge is -2.43. The molecule has 0 aromatic heterocycles. The first-order valence-corrected chi connectivity index (χ1v) is 13.5. The number of nitrogens with zero attached hydrogens (tertiary/aromatic N) is 3. The Morgan fingerprint density at radius 3 is 1.38 bits per heavy atom. The van der Waals surface area contributed by atoms with Crippen molar-refractivity contribution in [2.45, 2.75) is 76.5 Å². The second kappa shape index (κ2) is 22.3. The number of nitrogens with two attached hydrogens (primary N) is 1. The molecule has 1 saturated carbocycles. The molecule has 222 valence electrons. The van der Waals surface area contributed by atoms with Gasteiger partial charge in [0.25, 0.3) is 0 Å². The third kappa shape index (κ3) is 13.9. The summed E-state index contributed by atoms with van der Waals surface area (Å²) in [4.78, 5) is 6.08. The molecule has 0 bridgehead atoms. The van der Waals surface area contributed by atoms with Crippen LogP contribution in [0.5, 0.6) is 0 Å². The highest BCUT2D eigenvalue weighted by Gasteiger charge is 2.33. The Kier molecular flexibility index (Phi) is 20.9. The number of rotatable bonds is 20. The minimum atomic E-state index is -0.559. The molecule has 4 N–H and O–H groups in total. The largest absolute Gasteiger partial charge is 0.369 e. The molecule has 1 aliphatic rings. The van der Waals surface area contributed by atoms with Gasteiger partial charge in [0.05, 0.1) is 6.17 Å². The van der Waals surface area contributed by atoms with E-state index < -0.39 is 6.29 Å². The van der Waals surface area contributed by atoms with Crippen molar-refractivity contribution in [2.24, 2.45) is 11.7 Å². The number of hydrogen-bond acceptors (Lipinski definition) is 12. The van der Waals surface area contributed by atoms with Gasteiger partial charge in [-0.15, -0.1) is 0 Å². The van der Waals surface area contributed by atoms with Crippen molar-refractivity contribution in [3.8, 4) is 0 Å². The van der Waals surface area contributed by atoms with E-state index in [4.69, 9.17) is 34.2 Å². The standard InChI is InChI=1S/C25H56N6O6/c1-32-16-29(17-33-2)23(22-14-12-10-8-7-9-11-13-15-22)27-25(31(20-36-5)21-37-6)28-24(26)30(18-34-3)19-35-4/h22-25,27-28H,7-21,26H2,1-6H3. The Bertz CT molecular complexity index is 498. The van der Waals surface area contributed by atoms with E-state index in [0.29, 0.717) is 46.3 Å². The summed E-state index contributed by atoms with van der Waals surface area (Å²) in [5.74, 6) is 0.407. The Balaban J connectivity index is 3.29. The predicted molar refractivity (Wildman–Crippen MR) is 144 cm³/mol. The molecule has 0 saturated heterocycles. The third-order valence-electron chi connectivity index (χ3n) is 6.68. The molecule has 0 aromatic rings. The molecule has 1 rings (SSSR count). The molecule has 37 heavy (non-hydrogen) atoms. The highest BCUT2D eigenvalue weighted by molar-refractivity contribution is 4.81. The molecule has 1 fully saturated rings. The van der Waals surface area contributed by atoms with E-state index >= 15 is 0 Å². The van der Waals surface area contributed by atoms with Crippen LogP contribution in [0.15, 0.2) is 0 Å². The molecular weight excluding hydrogens is 480 g/mol. The summed E-state index contributed by atoms with van der Waals surface area (Å²) >= 11 is 0. The first-order valence-electron chi connectivity index (χ1n) is 13.5. The van der Waals surface area contributed by atoms with Crippen molar-refractivity contribution < 1.29 is 28.4 Å². The van der Waals surface area contributed by atoms with Crippen molar-refractivity contribution in [2.75, 3.05) is 83.0 Å². The quantitative estimate of drug-likeness (QED) is 0.197. The van der Waals surface area contributed by atoms with E-state index in [1.165, 1.54) is 44.9 Å². The summed E-state index contributed by atoms with van der Waals surface area (Å²) < 4.78 is 32.9. The summed E-state index contributed by atoms with van der Waals surface area (Å²) in [6.07, 6.45) is 10.2. The second-order valence-corrected chi connectivity index (χ2v) is 9.71. The lowest BCUT2D eigenvalue weighted by Crippen LogP contribution is -2.69. The van der Waals surface area contributed by atoms with Gasteiger partial charge in [-0.05, 0) is 18.8 Å². The summed E-state index contributed by atoms with van der Waals surface area (Å²) in [6.45, 7) is 2.19. The fraction of sp³-hybridized carbons (Fsp3) is 1.00. The molecule has 12 heteroatoms. The maximum atomic E-state index is 6.60. The van der Waals surface area contributed by atoms with Gasteiger partial charge in [-0.2, -0.15) is 0 Å². The zero-order chi connectivity index (χ0) is 27.3. The van der Waals surface area contributed by atoms with Gasteiger partial charge in [-0.1, -0.05) is 44.9 Å². The van der Waals surface area contributed by atoms with Crippen molar-refractivity contribution >= 4 is 0 Å². The number of hydrogen-bond donors (Lipinski definition) is 3. The Morgan fingerprint density at radius 2 is 0.946 bits per heavy atom. The summed E-state index contributed by atoms with van der Waals surface area (Å²) in [5, 5.41) is 7.36. The van der Waals surface area contributed by atoms with E-state index in [-0.39, 0.29) is 12.5 Å². The van der Waals surface area contributed by atoms with Gasteiger partial charge < -0.3 is 34.2 Å². The van der Waals surface area contributed by atoms with Crippen LogP contribution in [0.3, 0.4) is 0 Å². The van der Waals surface area contributed by atoms with E-state index in [1.807, 2.05) is 9.80 Å². The van der Waals surface area contributed by atoms with Crippen LogP contribution in [0.1, 0.15) is 57.8 Å². The van der Waals surface area contributed by atoms with E-state index in [9.17, 15) is 0 Å². The SMILES string of the molecule is COCN(COC)C(N)NC(NC(C1CCCCCCCCC1)N(COC)COC)N(COC)COC. The van der Waals surface area contributed by atoms with Gasteiger partial charge in [0.1, 0.15) is 53.0 Å². The molecule has 0 spiro atoms. The Hall–Kier alpha value is -0.480. The van der Waals surface area contributed by atoms with Crippen LogP contribution in [0.4, 0.5) is 0 Å². The zero-order valence-corrected chi connectivity index (χ0v) is 24.3. The Labute approximate surface area is 225 Å². The van der Waals surface area contributed by atoms with E-state index in [1.54, 1.807) is 42.7 Å². The highest BCUT2D eigenvalue weighted by Crippen LogP contribution is 2.26. The molecule has 0 aromatic carbocycles. The smallest absolute Gasteiger partial charge is 0.121 e. The molecule has 0 radical (unpaired) electrons. The van der Waals surface area contributed by atoms with Crippen LogP contribution in [-0.4, -0.2) is 116 Å². The molecule has 3 atom stereocenters. The minimum absolute atomic E-state index is 0.0291. The van der Waals surface area contributed by atoms with Gasteiger partial charge in [-0.3, -0.25) is 10.6 Å². The van der Waals surface area contributed by atoms with E-state index in [0.717, 1.165) is 12.8 Å². The van der Waals surface area contributed by atoms with Crippen molar-refractivity contribution in [1.29, 1.82) is 0 Å². The van der Waals surface area contributed by atoms with Gasteiger partial charge in [0, 0.05) is 42.7 Å². The van der Waals surface area contributed by atoms with Gasteiger partial charge in [0.15, 0.2) is 0 Å². The first-order chi connectivity index (χ1) is 18.1. The van der Waals surface area contributed by atoms with Crippen LogP contribution in [-0.2, 0) is 28.4 Å². The van der Waals surface area contributed by atoms with Gasteiger partial charge in [-0.25, -0.2) is 14.7 Å². The van der Waals surface area contributed by atoms with Crippen LogP contribution in [0.2, 0.25) is 0 Å². The highest BCUT2D eigenvalue weighted by atomic mass is 16.5. The molecule has 3 unspecified atom stereocenters. The molecule has 0 aliphatic heterocycles. The maximum Gasteiger partial charge on any atom is 0.121 e. The minimum Gasteiger partial charge on any atom is -0.369 e. The predicted octanol–water partition coefficient (Wildman–Crippen LogP) is 1.69. The molecule has 1 aliphatic carbocycles. The van der Waals surface area contributed by atoms with Crippen LogP contribution in [0, 0.1) is 5.92 Å². The lowest BCUT2D eigenvalue weighted by atomic mass is 9.89. The average Bonchev–Trinajstić information content (AvgIpc) is 2.89. The van der Waals surface area contributed by atoms with Crippen molar-refractivity contribution in [3.63, 3.8) is 0 Å². The van der Waals surface area contributed by atoms with Crippen LogP contribution >= 0.6 is 0 Å². The first kappa shape index (κ1) is 34.5. The number of ether oxygens (including phenoxy) is 6. The summed E-state index contributed by atoms with van der Waals surface area (Å²) in [6, 6.07) is 0. The third-order valence-corrected chi connectivity index (χ3v) is 6.68. The lowest BCUT2D eigenvalue weighted by molar-refractivity contribution is -0.112. The Morgan fingerprint density at radius 1 is 0.568 bits per heavy atom. The molecule has 0 amide bonds. The number of nitrogens with one attached hydrogen (secondary N) is 2. The summed E-state index contributed by atoms with van der Waals surface area (Å²) in [5.41, 5.74) is 6.60. The average molecular weight is 537 g/mol.